The lowest BCUT2D eigenvalue weighted by Gasteiger charge is -2.08. The monoisotopic (exact) mass is 318 g/mol. The van der Waals surface area contributed by atoms with Gasteiger partial charge in [0.15, 0.2) is 0 Å². The van der Waals surface area contributed by atoms with E-state index in [-0.39, 0.29) is 11.6 Å². The Labute approximate surface area is 133 Å². The SMILES string of the molecule is C=CCNc1cnc(C(=O)Nc2ccc(OC)c(Cl)c2)cn1. The van der Waals surface area contributed by atoms with Crippen LogP contribution < -0.4 is 15.4 Å². The highest BCUT2D eigenvalue weighted by Gasteiger charge is 2.10. The maximum Gasteiger partial charge on any atom is 0.275 e. The maximum absolute atomic E-state index is 12.1. The van der Waals surface area contributed by atoms with Crippen LogP contribution in [0, 0.1) is 0 Å². The predicted octanol–water partition coefficient (Wildman–Crippen LogP) is 2.99. The minimum atomic E-state index is -0.371. The van der Waals surface area contributed by atoms with E-state index in [1.54, 1.807) is 24.3 Å². The summed E-state index contributed by atoms with van der Waals surface area (Å²) in [7, 11) is 1.52. The first-order valence-corrected chi connectivity index (χ1v) is 6.83. The summed E-state index contributed by atoms with van der Waals surface area (Å²) in [6.07, 6.45) is 4.58. The van der Waals surface area contributed by atoms with Crippen molar-refractivity contribution in [2.45, 2.75) is 0 Å². The van der Waals surface area contributed by atoms with Gasteiger partial charge in [-0.1, -0.05) is 17.7 Å². The highest BCUT2D eigenvalue weighted by Crippen LogP contribution is 2.27. The van der Waals surface area contributed by atoms with Gasteiger partial charge in [-0.15, -0.1) is 6.58 Å². The lowest BCUT2D eigenvalue weighted by atomic mass is 10.3. The number of carbonyl (C=O) groups excluding carboxylic acids is 1. The predicted molar refractivity (Wildman–Crippen MR) is 86.7 cm³/mol. The fourth-order valence-electron chi connectivity index (χ4n) is 1.65. The van der Waals surface area contributed by atoms with Crippen LogP contribution in [0.3, 0.4) is 0 Å². The largest absolute Gasteiger partial charge is 0.495 e. The number of benzene rings is 1. The zero-order chi connectivity index (χ0) is 15.9. The van der Waals surface area contributed by atoms with Gasteiger partial charge in [0.25, 0.3) is 5.91 Å². The molecular formula is C15H15ClN4O2. The van der Waals surface area contributed by atoms with Gasteiger partial charge in [-0.25, -0.2) is 9.97 Å². The molecule has 0 atom stereocenters. The Kier molecular flexibility index (Phi) is 5.32. The van der Waals surface area contributed by atoms with Crippen molar-refractivity contribution in [3.05, 3.63) is 54.0 Å². The van der Waals surface area contributed by atoms with Crippen molar-refractivity contribution in [3.63, 3.8) is 0 Å². The van der Waals surface area contributed by atoms with E-state index in [9.17, 15) is 4.79 Å². The lowest BCUT2D eigenvalue weighted by Crippen LogP contribution is -2.14. The van der Waals surface area contributed by atoms with Crippen molar-refractivity contribution in [1.29, 1.82) is 0 Å². The van der Waals surface area contributed by atoms with E-state index < -0.39 is 0 Å². The molecule has 2 aromatic rings. The second kappa shape index (κ2) is 7.42. The Morgan fingerprint density at radius 2 is 2.23 bits per heavy atom. The number of hydrogen-bond donors (Lipinski definition) is 2. The molecule has 0 aliphatic heterocycles. The first kappa shape index (κ1) is 15.8. The number of anilines is 2. The number of amides is 1. The van der Waals surface area contributed by atoms with E-state index in [1.165, 1.54) is 19.5 Å². The molecule has 1 heterocycles. The summed E-state index contributed by atoms with van der Waals surface area (Å²) in [4.78, 5) is 20.2. The highest BCUT2D eigenvalue weighted by molar-refractivity contribution is 6.32. The molecule has 0 bridgehead atoms. The number of rotatable bonds is 6. The van der Waals surface area contributed by atoms with Gasteiger partial charge in [-0.05, 0) is 18.2 Å². The molecular weight excluding hydrogens is 304 g/mol. The molecule has 0 spiro atoms. The van der Waals surface area contributed by atoms with Crippen molar-refractivity contribution < 1.29 is 9.53 Å². The molecule has 0 saturated heterocycles. The molecule has 0 fully saturated rings. The number of hydrogen-bond acceptors (Lipinski definition) is 5. The third kappa shape index (κ3) is 3.95. The minimum Gasteiger partial charge on any atom is -0.495 e. The van der Waals surface area contributed by atoms with E-state index in [1.807, 2.05) is 0 Å². The number of nitrogens with zero attached hydrogens (tertiary/aromatic N) is 2. The van der Waals surface area contributed by atoms with Crippen LogP contribution in [0.1, 0.15) is 10.5 Å². The molecule has 22 heavy (non-hydrogen) atoms. The molecule has 0 aliphatic rings. The Hall–Kier alpha value is -2.60. The first-order chi connectivity index (χ1) is 10.6. The van der Waals surface area contributed by atoms with Gasteiger partial charge in [0.2, 0.25) is 0 Å². The first-order valence-electron chi connectivity index (χ1n) is 6.45. The van der Waals surface area contributed by atoms with Crippen LogP contribution in [0.2, 0.25) is 5.02 Å². The summed E-state index contributed by atoms with van der Waals surface area (Å²) in [5.74, 6) is 0.741. The van der Waals surface area contributed by atoms with Gasteiger partial charge < -0.3 is 15.4 Å². The van der Waals surface area contributed by atoms with Crippen LogP contribution in [-0.4, -0.2) is 29.5 Å². The summed E-state index contributed by atoms with van der Waals surface area (Å²) in [5, 5.41) is 6.08. The Bertz CT molecular complexity index is 674. The molecule has 1 aromatic heterocycles. The van der Waals surface area contributed by atoms with Crippen molar-refractivity contribution in [2.24, 2.45) is 0 Å². The van der Waals surface area contributed by atoms with Gasteiger partial charge in [-0.3, -0.25) is 4.79 Å². The molecule has 6 nitrogen and oxygen atoms in total. The molecule has 0 radical (unpaired) electrons. The number of carbonyl (C=O) groups is 1. The van der Waals surface area contributed by atoms with Crippen molar-refractivity contribution in [1.82, 2.24) is 9.97 Å². The van der Waals surface area contributed by atoms with E-state index >= 15 is 0 Å². The molecule has 1 amide bonds. The third-order valence-corrected chi connectivity index (χ3v) is 3.02. The van der Waals surface area contributed by atoms with Crippen molar-refractivity contribution in [2.75, 3.05) is 24.3 Å². The number of ether oxygens (including phenoxy) is 1. The van der Waals surface area contributed by atoms with Gasteiger partial charge in [0.05, 0.1) is 24.5 Å². The van der Waals surface area contributed by atoms with Gasteiger partial charge >= 0.3 is 0 Å². The molecule has 0 saturated carbocycles. The molecule has 0 unspecified atom stereocenters. The summed E-state index contributed by atoms with van der Waals surface area (Å²) >= 11 is 6.01. The van der Waals surface area contributed by atoms with Crippen LogP contribution in [0.15, 0.2) is 43.2 Å². The number of halogens is 1. The Morgan fingerprint density at radius 3 is 2.82 bits per heavy atom. The molecule has 7 heteroatoms. The second-order valence-corrected chi connectivity index (χ2v) is 4.67. The molecule has 2 rings (SSSR count). The lowest BCUT2D eigenvalue weighted by molar-refractivity contribution is 0.102. The van der Waals surface area contributed by atoms with E-state index in [2.05, 4.69) is 27.2 Å². The van der Waals surface area contributed by atoms with Crippen molar-refractivity contribution in [3.8, 4) is 5.75 Å². The van der Waals surface area contributed by atoms with Crippen molar-refractivity contribution >= 4 is 29.0 Å². The summed E-state index contributed by atoms with van der Waals surface area (Å²) in [5.41, 5.74) is 0.752. The Balaban J connectivity index is 2.05. The van der Waals surface area contributed by atoms with Gasteiger partial charge in [0.1, 0.15) is 17.3 Å². The van der Waals surface area contributed by atoms with Crippen LogP contribution in [0.25, 0.3) is 0 Å². The fourth-order valence-corrected chi connectivity index (χ4v) is 1.91. The van der Waals surface area contributed by atoms with Crippen LogP contribution in [0.4, 0.5) is 11.5 Å². The van der Waals surface area contributed by atoms with E-state index in [0.717, 1.165) is 0 Å². The zero-order valence-electron chi connectivity index (χ0n) is 12.0. The molecule has 1 aromatic carbocycles. The fraction of sp³-hybridized carbons (Fsp3) is 0.133. The average Bonchev–Trinajstić information content (AvgIpc) is 2.53. The topological polar surface area (TPSA) is 76.1 Å². The van der Waals surface area contributed by atoms with Gasteiger partial charge in [0, 0.05) is 12.2 Å². The number of methoxy groups -OCH3 is 1. The summed E-state index contributed by atoms with van der Waals surface area (Å²) < 4.78 is 5.05. The highest BCUT2D eigenvalue weighted by atomic mass is 35.5. The van der Waals surface area contributed by atoms with Gasteiger partial charge in [-0.2, -0.15) is 0 Å². The van der Waals surface area contributed by atoms with Crippen LogP contribution >= 0.6 is 11.6 Å². The van der Waals surface area contributed by atoms with Crippen LogP contribution in [-0.2, 0) is 0 Å². The Morgan fingerprint density at radius 1 is 1.41 bits per heavy atom. The maximum atomic E-state index is 12.1. The molecule has 114 valence electrons. The number of nitrogens with one attached hydrogen (secondary N) is 2. The van der Waals surface area contributed by atoms with E-state index in [0.29, 0.717) is 28.8 Å². The quantitative estimate of drug-likeness (QED) is 0.801. The number of aromatic nitrogens is 2. The normalized spacial score (nSPS) is 9.91. The summed E-state index contributed by atoms with van der Waals surface area (Å²) in [6.45, 7) is 4.17. The smallest absolute Gasteiger partial charge is 0.275 e. The molecule has 2 N–H and O–H groups in total. The average molecular weight is 319 g/mol. The molecule has 0 aliphatic carbocycles. The summed E-state index contributed by atoms with van der Waals surface area (Å²) in [6, 6.07) is 4.97. The van der Waals surface area contributed by atoms with E-state index in [4.69, 9.17) is 16.3 Å². The third-order valence-electron chi connectivity index (χ3n) is 2.72. The van der Waals surface area contributed by atoms with Crippen LogP contribution in [0.5, 0.6) is 5.75 Å². The second-order valence-electron chi connectivity index (χ2n) is 4.26. The zero-order valence-corrected chi connectivity index (χ0v) is 12.7. The minimum absolute atomic E-state index is 0.205. The standard InChI is InChI=1S/C15H15ClN4O2/c1-3-6-17-14-9-18-12(8-19-14)15(21)20-10-4-5-13(22-2)11(16)7-10/h3-5,7-9H,1,6H2,2H3,(H,17,19)(H,20,21).